The molecule has 0 spiro atoms. The molecule has 0 saturated heterocycles. The summed E-state index contributed by atoms with van der Waals surface area (Å²) < 4.78 is 1.66. The number of ketones is 1. The molecule has 0 amide bonds. The minimum atomic E-state index is -0.108. The van der Waals surface area contributed by atoms with Crippen molar-refractivity contribution in [1.29, 1.82) is 0 Å². The van der Waals surface area contributed by atoms with E-state index in [0.717, 1.165) is 40.1 Å². The number of aromatic nitrogens is 2. The summed E-state index contributed by atoms with van der Waals surface area (Å²) in [4.78, 5) is 32.3. The van der Waals surface area contributed by atoms with Gasteiger partial charge in [0, 0.05) is 17.8 Å². The predicted molar refractivity (Wildman–Crippen MR) is 117 cm³/mol. The molecule has 1 atom stereocenters. The van der Waals surface area contributed by atoms with Crippen LogP contribution in [0.3, 0.4) is 0 Å². The first kappa shape index (κ1) is 19.2. The topological polar surface area (TPSA) is 52.0 Å². The van der Waals surface area contributed by atoms with Crippen LogP contribution in [0.4, 0.5) is 0 Å². The SMILES string of the molecule is C=CCn1c(S[C@H]2CCCCC2=O)nc2sc(-c3ccccc3)c(C)c2c1=O. The molecule has 0 bridgehead atoms. The lowest BCUT2D eigenvalue weighted by molar-refractivity contribution is -0.119. The highest BCUT2D eigenvalue weighted by Crippen LogP contribution is 2.37. The van der Waals surface area contributed by atoms with Crippen LogP contribution in [0.5, 0.6) is 0 Å². The highest BCUT2D eigenvalue weighted by Gasteiger charge is 2.26. The Bertz CT molecular complexity index is 1100. The van der Waals surface area contributed by atoms with Crippen LogP contribution in [0.2, 0.25) is 0 Å². The summed E-state index contributed by atoms with van der Waals surface area (Å²) in [7, 11) is 0. The van der Waals surface area contributed by atoms with Gasteiger partial charge in [-0.25, -0.2) is 4.98 Å². The van der Waals surface area contributed by atoms with E-state index in [0.29, 0.717) is 23.5 Å². The Morgan fingerprint density at radius 1 is 1.29 bits per heavy atom. The van der Waals surface area contributed by atoms with E-state index < -0.39 is 0 Å². The summed E-state index contributed by atoms with van der Waals surface area (Å²) in [6, 6.07) is 10.1. The Hall–Kier alpha value is -2.18. The van der Waals surface area contributed by atoms with Gasteiger partial charge >= 0.3 is 0 Å². The quantitative estimate of drug-likeness (QED) is 0.427. The molecule has 4 rings (SSSR count). The molecule has 1 fully saturated rings. The van der Waals surface area contributed by atoms with Crippen molar-refractivity contribution in [3.63, 3.8) is 0 Å². The fourth-order valence-electron chi connectivity index (χ4n) is 3.65. The van der Waals surface area contributed by atoms with Gasteiger partial charge in [-0.1, -0.05) is 54.6 Å². The zero-order chi connectivity index (χ0) is 19.7. The van der Waals surface area contributed by atoms with Crippen molar-refractivity contribution >= 4 is 39.1 Å². The van der Waals surface area contributed by atoms with Crippen molar-refractivity contribution in [2.45, 2.75) is 49.6 Å². The molecule has 0 radical (unpaired) electrons. The van der Waals surface area contributed by atoms with E-state index in [-0.39, 0.29) is 16.6 Å². The van der Waals surface area contributed by atoms with Gasteiger partial charge in [0.2, 0.25) is 0 Å². The number of fused-ring (bicyclic) bond motifs is 1. The number of hydrogen-bond donors (Lipinski definition) is 0. The zero-order valence-corrected chi connectivity index (χ0v) is 17.4. The molecule has 3 aromatic rings. The second-order valence-corrected chi connectivity index (χ2v) is 9.19. The molecule has 28 heavy (non-hydrogen) atoms. The van der Waals surface area contributed by atoms with Gasteiger partial charge < -0.3 is 0 Å². The fraction of sp³-hybridized carbons (Fsp3) is 0.318. The number of carbonyl (C=O) groups is 1. The lowest BCUT2D eigenvalue weighted by atomic mass is 9.99. The van der Waals surface area contributed by atoms with E-state index in [4.69, 9.17) is 4.98 Å². The average molecular weight is 411 g/mol. The third-order valence-corrected chi connectivity index (χ3v) is 7.65. The van der Waals surface area contributed by atoms with Crippen LogP contribution in [0.15, 0.2) is 52.9 Å². The molecule has 2 aromatic heterocycles. The normalized spacial score (nSPS) is 17.2. The van der Waals surface area contributed by atoms with E-state index in [1.165, 1.54) is 11.8 Å². The molecular weight excluding hydrogens is 388 g/mol. The summed E-state index contributed by atoms with van der Waals surface area (Å²) >= 11 is 2.99. The minimum Gasteiger partial charge on any atom is -0.298 e. The van der Waals surface area contributed by atoms with Gasteiger partial charge in [0.15, 0.2) is 5.16 Å². The van der Waals surface area contributed by atoms with Gasteiger partial charge in [0.05, 0.1) is 10.6 Å². The minimum absolute atomic E-state index is 0.0495. The molecule has 0 aliphatic heterocycles. The Balaban J connectivity index is 1.86. The number of nitrogens with zero attached hydrogens (tertiary/aromatic N) is 2. The smallest absolute Gasteiger partial charge is 0.263 e. The van der Waals surface area contributed by atoms with Crippen LogP contribution in [0.25, 0.3) is 20.7 Å². The van der Waals surface area contributed by atoms with Crippen LogP contribution in [0.1, 0.15) is 31.2 Å². The maximum absolute atomic E-state index is 13.3. The number of Topliss-reactive ketones (excluding diaryl/α,β-unsaturated/α-hetero) is 1. The Morgan fingerprint density at radius 3 is 2.79 bits per heavy atom. The molecule has 144 valence electrons. The van der Waals surface area contributed by atoms with Crippen LogP contribution in [-0.2, 0) is 11.3 Å². The van der Waals surface area contributed by atoms with Gasteiger partial charge in [-0.2, -0.15) is 0 Å². The molecule has 2 heterocycles. The molecule has 1 aromatic carbocycles. The van der Waals surface area contributed by atoms with E-state index in [1.807, 2.05) is 25.1 Å². The number of carbonyl (C=O) groups excluding carboxylic acids is 1. The molecule has 1 aliphatic carbocycles. The fourth-order valence-corrected chi connectivity index (χ4v) is 6.10. The van der Waals surface area contributed by atoms with Crippen molar-refractivity contribution in [3.8, 4) is 10.4 Å². The number of hydrogen-bond acceptors (Lipinski definition) is 5. The molecule has 0 unspecified atom stereocenters. The summed E-state index contributed by atoms with van der Waals surface area (Å²) in [5.74, 6) is 0.267. The Labute approximate surface area is 172 Å². The lowest BCUT2D eigenvalue weighted by Gasteiger charge is -2.20. The van der Waals surface area contributed by atoms with Crippen molar-refractivity contribution in [2.75, 3.05) is 0 Å². The summed E-state index contributed by atoms with van der Waals surface area (Å²) in [5, 5.41) is 1.19. The number of thiophene rings is 1. The first-order valence-electron chi connectivity index (χ1n) is 9.49. The number of aryl methyl sites for hydroxylation is 1. The monoisotopic (exact) mass is 410 g/mol. The van der Waals surface area contributed by atoms with E-state index in [1.54, 1.807) is 22.0 Å². The van der Waals surface area contributed by atoms with Gasteiger partial charge in [0.25, 0.3) is 5.56 Å². The van der Waals surface area contributed by atoms with Crippen LogP contribution < -0.4 is 5.56 Å². The summed E-state index contributed by atoms with van der Waals surface area (Å²) in [6.45, 7) is 6.17. The van der Waals surface area contributed by atoms with Gasteiger partial charge in [-0.3, -0.25) is 14.2 Å². The number of allylic oxidation sites excluding steroid dienone is 1. The first-order valence-corrected chi connectivity index (χ1v) is 11.2. The molecule has 6 heteroatoms. The van der Waals surface area contributed by atoms with Crippen molar-refractivity contribution < 1.29 is 4.79 Å². The van der Waals surface area contributed by atoms with Crippen LogP contribution >= 0.6 is 23.1 Å². The third-order valence-electron chi connectivity index (χ3n) is 5.11. The van der Waals surface area contributed by atoms with Gasteiger partial charge in [-0.15, -0.1) is 17.9 Å². The highest BCUT2D eigenvalue weighted by atomic mass is 32.2. The van der Waals surface area contributed by atoms with Crippen molar-refractivity contribution in [1.82, 2.24) is 9.55 Å². The Kier molecular flexibility index (Phi) is 5.51. The lowest BCUT2D eigenvalue weighted by Crippen LogP contribution is -2.26. The molecule has 1 saturated carbocycles. The van der Waals surface area contributed by atoms with Gasteiger partial charge in [-0.05, 0) is 30.9 Å². The van der Waals surface area contributed by atoms with E-state index >= 15 is 0 Å². The number of benzene rings is 1. The second kappa shape index (κ2) is 8.05. The molecule has 4 nitrogen and oxygen atoms in total. The van der Waals surface area contributed by atoms with Crippen LogP contribution in [-0.4, -0.2) is 20.6 Å². The summed E-state index contributed by atoms with van der Waals surface area (Å²) in [6.07, 6.45) is 5.20. The van der Waals surface area contributed by atoms with Crippen molar-refractivity contribution in [3.05, 3.63) is 58.9 Å². The average Bonchev–Trinajstić information content (AvgIpc) is 3.04. The molecular formula is C22H22N2O2S2. The van der Waals surface area contributed by atoms with Gasteiger partial charge in [0.1, 0.15) is 10.6 Å². The number of thioether (sulfide) groups is 1. The van der Waals surface area contributed by atoms with E-state index in [2.05, 4.69) is 18.7 Å². The third kappa shape index (κ3) is 3.47. The maximum Gasteiger partial charge on any atom is 0.263 e. The highest BCUT2D eigenvalue weighted by molar-refractivity contribution is 8.00. The summed E-state index contributed by atoms with van der Waals surface area (Å²) in [5.41, 5.74) is 2.01. The predicted octanol–water partition coefficient (Wildman–Crippen LogP) is 5.22. The largest absolute Gasteiger partial charge is 0.298 e. The second-order valence-electron chi connectivity index (χ2n) is 7.02. The zero-order valence-electron chi connectivity index (χ0n) is 15.8. The number of rotatable bonds is 5. The van der Waals surface area contributed by atoms with Crippen LogP contribution in [0, 0.1) is 6.92 Å². The van der Waals surface area contributed by atoms with Crippen molar-refractivity contribution in [2.24, 2.45) is 0 Å². The first-order chi connectivity index (χ1) is 13.6. The van der Waals surface area contributed by atoms with E-state index in [9.17, 15) is 9.59 Å². The molecule has 0 N–H and O–H groups in total. The Morgan fingerprint density at radius 2 is 2.07 bits per heavy atom. The standard InChI is InChI=1S/C22H22N2O2S2/c1-3-13-24-21(26)18-14(2)19(15-9-5-4-6-10-15)28-20(18)23-22(24)27-17-12-8-7-11-16(17)25/h3-6,9-10,17H,1,7-8,11-13H2,2H3/t17-/m0/s1. The molecule has 1 aliphatic rings. The maximum atomic E-state index is 13.3.